The van der Waals surface area contributed by atoms with Crippen LogP contribution in [0.3, 0.4) is 0 Å². The van der Waals surface area contributed by atoms with Crippen LogP contribution in [-0.4, -0.2) is 40.0 Å². The maximum Gasteiger partial charge on any atom is 0.224 e. The van der Waals surface area contributed by atoms with Crippen LogP contribution in [0.4, 0.5) is 5.95 Å². The Labute approximate surface area is 113 Å². The number of fused-ring (bicyclic) bond motifs is 1. The van der Waals surface area contributed by atoms with Crippen LogP contribution in [0.5, 0.6) is 0 Å². The lowest BCUT2D eigenvalue weighted by atomic mass is 9.99. The molecular weight excluding hydrogens is 238 g/mol. The molecule has 3 heterocycles. The molecule has 2 saturated heterocycles. The third-order valence-electron chi connectivity index (χ3n) is 4.14. The lowest BCUT2D eigenvalue weighted by molar-refractivity contribution is 0.192. The number of nitrogens with zero attached hydrogens (tertiary/aromatic N) is 4. The van der Waals surface area contributed by atoms with Gasteiger partial charge in [0.1, 0.15) is 11.8 Å². The van der Waals surface area contributed by atoms with Crippen LogP contribution in [0, 0.1) is 18.3 Å². The predicted molar refractivity (Wildman–Crippen MR) is 72.7 cm³/mol. The Morgan fingerprint density at radius 3 is 3.05 bits per heavy atom. The fraction of sp³-hybridized carbons (Fsp3) is 0.643. The van der Waals surface area contributed by atoms with Gasteiger partial charge in [0.05, 0.1) is 0 Å². The molecule has 5 heteroatoms. The van der Waals surface area contributed by atoms with Gasteiger partial charge >= 0.3 is 0 Å². The first-order chi connectivity index (χ1) is 9.26. The van der Waals surface area contributed by atoms with Crippen LogP contribution in [-0.2, 0) is 0 Å². The smallest absolute Gasteiger partial charge is 0.224 e. The van der Waals surface area contributed by atoms with Gasteiger partial charge in [0.2, 0.25) is 5.95 Å². The van der Waals surface area contributed by atoms with E-state index in [1.54, 1.807) is 6.07 Å². The zero-order valence-electron chi connectivity index (χ0n) is 11.3. The van der Waals surface area contributed by atoms with Crippen molar-refractivity contribution in [3.05, 3.63) is 17.5 Å². The minimum absolute atomic E-state index is 0.425. The number of aryl methyl sites for hydroxylation is 1. The van der Waals surface area contributed by atoms with E-state index < -0.39 is 0 Å². The Hall–Kier alpha value is -1.67. The van der Waals surface area contributed by atoms with Crippen molar-refractivity contribution < 1.29 is 0 Å². The topological polar surface area (TPSA) is 64.8 Å². The standard InChI is InChI=1S/C14H19N5/c1-10-8-11(9-15)17-14(16-10)18-12-5-7-19-6-3-2-4-13(12)19/h8,12-13H,2-7H2,1H3,(H,16,17,18). The van der Waals surface area contributed by atoms with E-state index >= 15 is 0 Å². The Morgan fingerprint density at radius 2 is 2.21 bits per heavy atom. The molecule has 2 aliphatic heterocycles. The molecule has 2 aliphatic rings. The normalized spacial score (nSPS) is 26.7. The molecule has 1 aromatic heterocycles. The van der Waals surface area contributed by atoms with Crippen LogP contribution in [0.1, 0.15) is 37.1 Å². The van der Waals surface area contributed by atoms with Gasteiger partial charge in [-0.15, -0.1) is 0 Å². The number of hydrogen-bond donors (Lipinski definition) is 1. The average Bonchev–Trinajstić information content (AvgIpc) is 2.82. The van der Waals surface area contributed by atoms with E-state index in [0.29, 0.717) is 23.7 Å². The molecule has 0 radical (unpaired) electrons. The summed E-state index contributed by atoms with van der Waals surface area (Å²) in [6, 6.07) is 4.84. The van der Waals surface area contributed by atoms with E-state index in [0.717, 1.165) is 12.1 Å². The summed E-state index contributed by atoms with van der Waals surface area (Å²) in [7, 11) is 0. The second-order valence-electron chi connectivity index (χ2n) is 5.47. The summed E-state index contributed by atoms with van der Waals surface area (Å²) >= 11 is 0. The average molecular weight is 257 g/mol. The van der Waals surface area contributed by atoms with Crippen molar-refractivity contribution in [2.75, 3.05) is 18.4 Å². The Balaban J connectivity index is 1.75. The molecule has 1 N–H and O–H groups in total. The molecule has 5 nitrogen and oxygen atoms in total. The van der Waals surface area contributed by atoms with Gasteiger partial charge < -0.3 is 5.32 Å². The fourth-order valence-corrected chi connectivity index (χ4v) is 3.27. The van der Waals surface area contributed by atoms with Crippen molar-refractivity contribution in [2.24, 2.45) is 0 Å². The van der Waals surface area contributed by atoms with Crippen molar-refractivity contribution in [1.29, 1.82) is 5.26 Å². The van der Waals surface area contributed by atoms with Crippen LogP contribution in [0.2, 0.25) is 0 Å². The van der Waals surface area contributed by atoms with E-state index in [1.807, 2.05) is 6.92 Å². The van der Waals surface area contributed by atoms with E-state index in [1.165, 1.54) is 32.4 Å². The number of hydrogen-bond acceptors (Lipinski definition) is 5. The number of nitrogens with one attached hydrogen (secondary N) is 1. The minimum atomic E-state index is 0.425. The number of anilines is 1. The Morgan fingerprint density at radius 1 is 1.32 bits per heavy atom. The minimum Gasteiger partial charge on any atom is -0.350 e. The molecule has 2 fully saturated rings. The summed E-state index contributed by atoms with van der Waals surface area (Å²) in [5.41, 5.74) is 1.28. The van der Waals surface area contributed by atoms with Gasteiger partial charge in [-0.3, -0.25) is 4.90 Å². The third kappa shape index (κ3) is 2.54. The zero-order chi connectivity index (χ0) is 13.2. The molecule has 100 valence electrons. The van der Waals surface area contributed by atoms with Gasteiger partial charge in [-0.25, -0.2) is 9.97 Å². The fourth-order valence-electron chi connectivity index (χ4n) is 3.27. The van der Waals surface area contributed by atoms with E-state index in [4.69, 9.17) is 5.26 Å². The molecular formula is C14H19N5. The maximum atomic E-state index is 8.96. The summed E-state index contributed by atoms with van der Waals surface area (Å²) in [4.78, 5) is 11.2. The van der Waals surface area contributed by atoms with Crippen molar-refractivity contribution in [2.45, 2.75) is 44.7 Å². The van der Waals surface area contributed by atoms with E-state index in [9.17, 15) is 0 Å². The molecule has 2 unspecified atom stereocenters. The summed E-state index contributed by atoms with van der Waals surface area (Å²) in [5, 5.41) is 12.4. The highest BCUT2D eigenvalue weighted by atomic mass is 15.2. The van der Waals surface area contributed by atoms with Crippen LogP contribution < -0.4 is 5.32 Å². The summed E-state index contributed by atoms with van der Waals surface area (Å²) in [6.07, 6.45) is 5.04. The molecule has 0 saturated carbocycles. The number of rotatable bonds is 2. The Bertz CT molecular complexity index is 507. The lowest BCUT2D eigenvalue weighted by Crippen LogP contribution is -2.42. The summed E-state index contributed by atoms with van der Waals surface area (Å²) < 4.78 is 0. The highest BCUT2D eigenvalue weighted by Gasteiger charge is 2.35. The van der Waals surface area contributed by atoms with Crippen molar-refractivity contribution in [3.8, 4) is 6.07 Å². The molecule has 19 heavy (non-hydrogen) atoms. The van der Waals surface area contributed by atoms with Crippen molar-refractivity contribution in [1.82, 2.24) is 14.9 Å². The first-order valence-corrected chi connectivity index (χ1v) is 7.02. The van der Waals surface area contributed by atoms with Crippen LogP contribution >= 0.6 is 0 Å². The highest BCUT2D eigenvalue weighted by molar-refractivity contribution is 5.34. The number of aromatic nitrogens is 2. The van der Waals surface area contributed by atoms with Crippen LogP contribution in [0.25, 0.3) is 0 Å². The van der Waals surface area contributed by atoms with E-state index in [-0.39, 0.29) is 0 Å². The van der Waals surface area contributed by atoms with Gasteiger partial charge in [0.25, 0.3) is 0 Å². The molecule has 3 rings (SSSR count). The number of piperidine rings is 1. The van der Waals surface area contributed by atoms with Crippen LogP contribution in [0.15, 0.2) is 6.07 Å². The Kier molecular flexibility index (Phi) is 3.34. The summed E-state index contributed by atoms with van der Waals surface area (Å²) in [5.74, 6) is 0.606. The predicted octanol–water partition coefficient (Wildman–Crippen LogP) is 1.70. The zero-order valence-corrected chi connectivity index (χ0v) is 11.3. The molecule has 2 atom stereocenters. The quantitative estimate of drug-likeness (QED) is 0.873. The van der Waals surface area contributed by atoms with Gasteiger partial charge in [-0.05, 0) is 38.8 Å². The van der Waals surface area contributed by atoms with Gasteiger partial charge in [0.15, 0.2) is 0 Å². The first-order valence-electron chi connectivity index (χ1n) is 7.02. The third-order valence-corrected chi connectivity index (χ3v) is 4.14. The largest absolute Gasteiger partial charge is 0.350 e. The molecule has 0 aliphatic carbocycles. The summed E-state index contributed by atoms with van der Waals surface area (Å²) in [6.45, 7) is 4.29. The molecule has 0 spiro atoms. The van der Waals surface area contributed by atoms with Gasteiger partial charge in [-0.2, -0.15) is 5.26 Å². The van der Waals surface area contributed by atoms with Crippen molar-refractivity contribution in [3.63, 3.8) is 0 Å². The maximum absolute atomic E-state index is 8.96. The van der Waals surface area contributed by atoms with Gasteiger partial charge in [-0.1, -0.05) is 6.42 Å². The highest BCUT2D eigenvalue weighted by Crippen LogP contribution is 2.28. The second kappa shape index (κ2) is 5.14. The molecule has 0 amide bonds. The molecule has 0 bridgehead atoms. The van der Waals surface area contributed by atoms with Gasteiger partial charge in [0, 0.05) is 24.3 Å². The number of nitriles is 1. The SMILES string of the molecule is Cc1cc(C#N)nc(NC2CCN3CCCCC23)n1. The molecule has 1 aromatic rings. The first kappa shape index (κ1) is 12.4. The molecule has 0 aromatic carbocycles. The monoisotopic (exact) mass is 257 g/mol. The van der Waals surface area contributed by atoms with Crippen molar-refractivity contribution >= 4 is 5.95 Å². The van der Waals surface area contributed by atoms with E-state index in [2.05, 4.69) is 26.3 Å². The second-order valence-corrected chi connectivity index (χ2v) is 5.47. The lowest BCUT2D eigenvalue weighted by Gasteiger charge is -2.32.